The molecular formula is C25H36N6O3S2. The Morgan fingerprint density at radius 2 is 2.06 bits per heavy atom. The Bertz CT molecular complexity index is 1380. The van der Waals surface area contributed by atoms with Gasteiger partial charge in [-0.05, 0) is 63.9 Å². The van der Waals surface area contributed by atoms with Crippen LogP contribution in [0.1, 0.15) is 51.6 Å². The molecule has 9 nitrogen and oxygen atoms in total. The lowest BCUT2D eigenvalue weighted by atomic mass is 10.1. The van der Waals surface area contributed by atoms with E-state index in [1.807, 2.05) is 14.0 Å². The van der Waals surface area contributed by atoms with Crippen LogP contribution in [0.5, 0.6) is 5.75 Å². The van der Waals surface area contributed by atoms with Crippen molar-refractivity contribution in [2.24, 2.45) is 7.05 Å². The molecule has 3 aromatic rings. The summed E-state index contributed by atoms with van der Waals surface area (Å²) in [6.45, 7) is 6.08. The van der Waals surface area contributed by atoms with Crippen LogP contribution in [0.2, 0.25) is 0 Å². The molecule has 1 aliphatic heterocycles. The average molecular weight is 533 g/mol. The van der Waals surface area contributed by atoms with Gasteiger partial charge in [0.15, 0.2) is 4.64 Å². The van der Waals surface area contributed by atoms with E-state index in [9.17, 15) is 8.42 Å². The summed E-state index contributed by atoms with van der Waals surface area (Å²) in [5, 5.41) is 4.61. The largest absolute Gasteiger partial charge is 0.493 e. The Morgan fingerprint density at radius 3 is 2.75 bits per heavy atom. The maximum Gasteiger partial charge on any atom is 0.240 e. The van der Waals surface area contributed by atoms with E-state index in [0.29, 0.717) is 41.0 Å². The van der Waals surface area contributed by atoms with Gasteiger partial charge in [0, 0.05) is 19.6 Å². The summed E-state index contributed by atoms with van der Waals surface area (Å²) in [6, 6.07) is 5.31. The molecule has 2 N–H and O–H groups in total. The van der Waals surface area contributed by atoms with Gasteiger partial charge in [0.25, 0.3) is 0 Å². The Balaban J connectivity index is 1.70. The average Bonchev–Trinajstić information content (AvgIpc) is 3.40. The molecule has 1 unspecified atom stereocenters. The van der Waals surface area contributed by atoms with Gasteiger partial charge in [-0.2, -0.15) is 5.10 Å². The van der Waals surface area contributed by atoms with E-state index >= 15 is 0 Å². The number of fused-ring (bicyclic) bond motifs is 1. The second-order valence-electron chi connectivity index (χ2n) is 9.40. The van der Waals surface area contributed by atoms with Gasteiger partial charge >= 0.3 is 0 Å². The molecule has 0 radical (unpaired) electrons. The van der Waals surface area contributed by atoms with Crippen LogP contribution < -0.4 is 9.46 Å². The number of aromatic amines is 1. The van der Waals surface area contributed by atoms with Crippen LogP contribution in [0.4, 0.5) is 0 Å². The molecule has 2 aromatic heterocycles. The number of hydrogen-bond donors (Lipinski definition) is 2. The minimum atomic E-state index is -3.71. The van der Waals surface area contributed by atoms with E-state index in [4.69, 9.17) is 17.0 Å². The molecule has 0 saturated carbocycles. The topological polar surface area (TPSA) is 105 Å². The molecule has 3 heterocycles. The molecule has 1 aliphatic rings. The van der Waals surface area contributed by atoms with E-state index in [0.717, 1.165) is 61.8 Å². The number of rotatable bonds is 11. The number of benzene rings is 1. The zero-order valence-corrected chi connectivity index (χ0v) is 23.1. The number of ether oxygens (including phenoxy) is 1. The van der Waals surface area contributed by atoms with Gasteiger partial charge in [-0.3, -0.25) is 4.68 Å². The third-order valence-corrected chi connectivity index (χ3v) is 8.43. The minimum Gasteiger partial charge on any atom is -0.493 e. The number of aromatic nitrogens is 4. The molecule has 0 aliphatic carbocycles. The second-order valence-corrected chi connectivity index (χ2v) is 11.6. The van der Waals surface area contributed by atoms with E-state index < -0.39 is 10.0 Å². The third kappa shape index (κ3) is 5.64. The summed E-state index contributed by atoms with van der Waals surface area (Å²) in [5.74, 6) is 1.02. The van der Waals surface area contributed by atoms with Crippen LogP contribution in [0, 0.1) is 4.64 Å². The molecule has 0 amide bonds. The van der Waals surface area contributed by atoms with Crippen molar-refractivity contribution in [3.05, 3.63) is 28.5 Å². The fraction of sp³-hybridized carbons (Fsp3) is 0.560. The third-order valence-electron chi connectivity index (χ3n) is 6.69. The number of H-pyrrole nitrogens is 1. The first-order chi connectivity index (χ1) is 17.2. The molecule has 1 fully saturated rings. The lowest BCUT2D eigenvalue weighted by Crippen LogP contribution is -2.31. The van der Waals surface area contributed by atoms with Crippen LogP contribution in [-0.4, -0.2) is 65.9 Å². The van der Waals surface area contributed by atoms with Crippen molar-refractivity contribution in [1.82, 2.24) is 29.4 Å². The number of hydrogen-bond acceptors (Lipinski definition) is 7. The summed E-state index contributed by atoms with van der Waals surface area (Å²) >= 11 is 5.62. The first kappa shape index (κ1) is 26.7. The molecule has 1 aromatic carbocycles. The fourth-order valence-corrected chi connectivity index (χ4v) is 6.18. The normalized spacial score (nSPS) is 16.7. The lowest BCUT2D eigenvalue weighted by Gasteiger charge is -2.19. The monoisotopic (exact) mass is 532 g/mol. The quantitative estimate of drug-likeness (QED) is 0.357. The van der Waals surface area contributed by atoms with Crippen LogP contribution in [0.15, 0.2) is 23.1 Å². The first-order valence-corrected chi connectivity index (χ1v) is 14.6. The van der Waals surface area contributed by atoms with Gasteiger partial charge in [-0.15, -0.1) is 0 Å². The van der Waals surface area contributed by atoms with Crippen molar-refractivity contribution in [2.45, 2.75) is 63.3 Å². The zero-order chi connectivity index (χ0) is 25.9. The van der Waals surface area contributed by atoms with Gasteiger partial charge in [0.2, 0.25) is 10.0 Å². The van der Waals surface area contributed by atoms with E-state index in [1.165, 1.54) is 0 Å². The maximum atomic E-state index is 13.2. The van der Waals surface area contributed by atoms with E-state index in [2.05, 4.69) is 38.7 Å². The van der Waals surface area contributed by atoms with Gasteiger partial charge in [0.05, 0.1) is 28.3 Å². The van der Waals surface area contributed by atoms with Crippen LogP contribution in [-0.2, 0) is 23.5 Å². The van der Waals surface area contributed by atoms with Gasteiger partial charge in [-0.25, -0.2) is 18.1 Å². The highest BCUT2D eigenvalue weighted by Crippen LogP contribution is 2.32. The highest BCUT2D eigenvalue weighted by Gasteiger charge is 2.23. The Morgan fingerprint density at radius 1 is 1.25 bits per heavy atom. The highest BCUT2D eigenvalue weighted by molar-refractivity contribution is 7.89. The summed E-state index contributed by atoms with van der Waals surface area (Å²) in [7, 11) is 0.234. The Hall–Kier alpha value is -2.34. The lowest BCUT2D eigenvalue weighted by molar-refractivity contribution is 0.297. The first-order valence-electron chi connectivity index (χ1n) is 12.7. The van der Waals surface area contributed by atoms with E-state index in [-0.39, 0.29) is 4.90 Å². The number of nitrogens with one attached hydrogen (secondary N) is 2. The van der Waals surface area contributed by atoms with Crippen molar-refractivity contribution in [1.29, 1.82) is 0 Å². The molecule has 196 valence electrons. The number of aryl methyl sites for hydroxylation is 2. The van der Waals surface area contributed by atoms with Gasteiger partial charge in [-0.1, -0.05) is 32.5 Å². The van der Waals surface area contributed by atoms with Crippen molar-refractivity contribution in [2.75, 3.05) is 26.7 Å². The molecule has 11 heteroatoms. The Kier molecular flexibility index (Phi) is 8.44. The fourth-order valence-electron chi connectivity index (χ4n) is 4.78. The van der Waals surface area contributed by atoms with Gasteiger partial charge < -0.3 is 14.6 Å². The minimum absolute atomic E-state index is 0.169. The second kappa shape index (κ2) is 11.4. The van der Waals surface area contributed by atoms with Crippen molar-refractivity contribution >= 4 is 33.3 Å². The summed E-state index contributed by atoms with van der Waals surface area (Å²) in [6.07, 6.45) is 5.60. The number of nitrogens with zero attached hydrogens (tertiary/aromatic N) is 4. The molecular weight excluding hydrogens is 496 g/mol. The van der Waals surface area contributed by atoms with Crippen molar-refractivity contribution in [3.63, 3.8) is 0 Å². The molecule has 36 heavy (non-hydrogen) atoms. The van der Waals surface area contributed by atoms with Gasteiger partial charge in [0.1, 0.15) is 17.1 Å². The molecule has 1 saturated heterocycles. The standard InChI is InChI=1S/C25H36N6O3S2/c1-5-8-20-22-23(31(4)29-20)25(35)28-24(27-22)19-16-18(10-11-21(19)34-15-6-2)36(32,33)26-13-12-17-9-7-14-30(17)3/h10-11,16-17,26H,5-9,12-15H2,1-4H3,(H,27,28,35). The number of likely N-dealkylation sites (tertiary alicyclic amines) is 1. The highest BCUT2D eigenvalue weighted by atomic mass is 32.2. The molecule has 1 atom stereocenters. The smallest absolute Gasteiger partial charge is 0.240 e. The van der Waals surface area contributed by atoms with E-state index in [1.54, 1.807) is 22.9 Å². The van der Waals surface area contributed by atoms with Crippen LogP contribution in [0.25, 0.3) is 22.4 Å². The van der Waals surface area contributed by atoms with Crippen LogP contribution >= 0.6 is 12.2 Å². The molecule has 0 spiro atoms. The Labute approximate surface area is 218 Å². The predicted molar refractivity (Wildman–Crippen MR) is 144 cm³/mol. The maximum absolute atomic E-state index is 13.2. The van der Waals surface area contributed by atoms with Crippen molar-refractivity contribution in [3.8, 4) is 17.1 Å². The van der Waals surface area contributed by atoms with Crippen LogP contribution in [0.3, 0.4) is 0 Å². The zero-order valence-electron chi connectivity index (χ0n) is 21.5. The van der Waals surface area contributed by atoms with Crippen molar-refractivity contribution < 1.29 is 13.2 Å². The molecule has 0 bridgehead atoms. The molecule has 4 rings (SSSR count). The summed E-state index contributed by atoms with van der Waals surface area (Å²) in [4.78, 5) is 10.5. The summed E-state index contributed by atoms with van der Waals surface area (Å²) < 4.78 is 37.3. The summed E-state index contributed by atoms with van der Waals surface area (Å²) in [5.41, 5.74) is 3.04. The predicted octanol–water partition coefficient (Wildman–Crippen LogP) is 4.20. The number of sulfonamides is 1. The SMILES string of the molecule is CCCOc1ccc(S(=O)(=O)NCCC2CCCN2C)cc1-c1nc(=S)c2c([nH]1)c(CCC)nn2C.